The standard InChI is InChI=1S/C10H10F2N2O/c11-6-3-4-7-10(9(6)12)14-8(13-7)2-1-5-15/h3-4,15H,1-2,5H2,(H,13,14). The lowest BCUT2D eigenvalue weighted by atomic mass is 10.3. The van der Waals surface area contributed by atoms with Crippen LogP contribution in [0.2, 0.25) is 0 Å². The summed E-state index contributed by atoms with van der Waals surface area (Å²) in [6.45, 7) is 0.0495. The van der Waals surface area contributed by atoms with E-state index in [4.69, 9.17) is 5.11 Å². The Morgan fingerprint density at radius 1 is 1.33 bits per heavy atom. The molecule has 0 saturated heterocycles. The zero-order valence-electron chi connectivity index (χ0n) is 7.93. The third-order valence-corrected chi connectivity index (χ3v) is 2.17. The van der Waals surface area contributed by atoms with Crippen LogP contribution in [0.3, 0.4) is 0 Å². The fourth-order valence-electron chi connectivity index (χ4n) is 1.43. The van der Waals surface area contributed by atoms with Gasteiger partial charge in [-0.05, 0) is 18.6 Å². The Labute approximate surface area is 84.8 Å². The van der Waals surface area contributed by atoms with E-state index < -0.39 is 11.6 Å². The van der Waals surface area contributed by atoms with Crippen LogP contribution < -0.4 is 0 Å². The molecule has 1 aromatic heterocycles. The van der Waals surface area contributed by atoms with Gasteiger partial charge in [0.2, 0.25) is 0 Å². The first kappa shape index (κ1) is 10.0. The quantitative estimate of drug-likeness (QED) is 0.814. The molecular weight excluding hydrogens is 202 g/mol. The summed E-state index contributed by atoms with van der Waals surface area (Å²) in [5.41, 5.74) is 0.491. The first-order valence-electron chi connectivity index (χ1n) is 4.66. The topological polar surface area (TPSA) is 48.9 Å². The first-order chi connectivity index (χ1) is 7.22. The number of hydrogen-bond donors (Lipinski definition) is 2. The van der Waals surface area contributed by atoms with E-state index in [9.17, 15) is 8.78 Å². The zero-order valence-corrected chi connectivity index (χ0v) is 7.93. The van der Waals surface area contributed by atoms with Crippen molar-refractivity contribution in [2.45, 2.75) is 12.8 Å². The van der Waals surface area contributed by atoms with Crippen molar-refractivity contribution in [3.05, 3.63) is 29.6 Å². The molecule has 2 N–H and O–H groups in total. The van der Waals surface area contributed by atoms with Crippen molar-refractivity contribution in [1.82, 2.24) is 9.97 Å². The summed E-state index contributed by atoms with van der Waals surface area (Å²) in [5.74, 6) is -1.27. The van der Waals surface area contributed by atoms with Crippen molar-refractivity contribution in [2.24, 2.45) is 0 Å². The first-order valence-corrected chi connectivity index (χ1v) is 4.66. The Morgan fingerprint density at radius 2 is 2.13 bits per heavy atom. The predicted octanol–water partition coefficient (Wildman–Crippen LogP) is 1.77. The molecular formula is C10H10F2N2O. The number of nitrogens with one attached hydrogen (secondary N) is 1. The largest absolute Gasteiger partial charge is 0.396 e. The van der Waals surface area contributed by atoms with Gasteiger partial charge in [0.1, 0.15) is 11.3 Å². The van der Waals surface area contributed by atoms with Crippen molar-refractivity contribution in [3.63, 3.8) is 0 Å². The molecule has 5 heteroatoms. The molecule has 0 saturated carbocycles. The number of halogens is 2. The van der Waals surface area contributed by atoms with E-state index in [1.54, 1.807) is 0 Å². The number of aliphatic hydroxyl groups excluding tert-OH is 1. The maximum absolute atomic E-state index is 13.2. The number of benzene rings is 1. The van der Waals surface area contributed by atoms with Crippen LogP contribution in [-0.4, -0.2) is 21.7 Å². The van der Waals surface area contributed by atoms with Gasteiger partial charge in [-0.2, -0.15) is 0 Å². The van der Waals surface area contributed by atoms with Crippen molar-refractivity contribution < 1.29 is 13.9 Å². The summed E-state index contributed by atoms with van der Waals surface area (Å²) in [6.07, 6.45) is 1.07. The second-order valence-electron chi connectivity index (χ2n) is 3.27. The minimum atomic E-state index is -0.931. The maximum Gasteiger partial charge on any atom is 0.186 e. The third-order valence-electron chi connectivity index (χ3n) is 2.17. The van der Waals surface area contributed by atoms with Gasteiger partial charge in [0.15, 0.2) is 11.6 Å². The average molecular weight is 212 g/mol. The highest BCUT2D eigenvalue weighted by molar-refractivity contribution is 5.75. The highest BCUT2D eigenvalue weighted by Gasteiger charge is 2.11. The minimum absolute atomic E-state index is 0.0166. The molecule has 0 amide bonds. The lowest BCUT2D eigenvalue weighted by Crippen LogP contribution is -1.91. The van der Waals surface area contributed by atoms with Crippen molar-refractivity contribution in [2.75, 3.05) is 6.61 Å². The van der Waals surface area contributed by atoms with Crippen LogP contribution in [0.1, 0.15) is 12.2 Å². The fraction of sp³-hybridized carbons (Fsp3) is 0.300. The Morgan fingerprint density at radius 3 is 2.87 bits per heavy atom. The molecule has 0 unspecified atom stereocenters. The molecule has 0 spiro atoms. The van der Waals surface area contributed by atoms with Crippen molar-refractivity contribution in [1.29, 1.82) is 0 Å². The minimum Gasteiger partial charge on any atom is -0.396 e. The van der Waals surface area contributed by atoms with Crippen LogP contribution in [-0.2, 0) is 6.42 Å². The SMILES string of the molecule is OCCCc1nc2c(F)c(F)ccc2[nH]1. The molecule has 0 aliphatic rings. The zero-order chi connectivity index (χ0) is 10.8. The van der Waals surface area contributed by atoms with Crippen LogP contribution in [0.25, 0.3) is 11.0 Å². The second-order valence-corrected chi connectivity index (χ2v) is 3.27. The van der Waals surface area contributed by atoms with E-state index in [1.807, 2.05) is 0 Å². The Kier molecular flexibility index (Phi) is 2.64. The number of imidazole rings is 1. The summed E-state index contributed by atoms with van der Waals surface area (Å²) in [5, 5.41) is 8.63. The van der Waals surface area contributed by atoms with Gasteiger partial charge in [-0.25, -0.2) is 13.8 Å². The van der Waals surface area contributed by atoms with Gasteiger partial charge in [-0.15, -0.1) is 0 Å². The normalized spacial score (nSPS) is 11.1. The molecule has 1 heterocycles. The van der Waals surface area contributed by atoms with Crippen LogP contribution in [0.5, 0.6) is 0 Å². The number of aromatic amines is 1. The monoisotopic (exact) mass is 212 g/mol. The van der Waals surface area contributed by atoms with E-state index >= 15 is 0 Å². The predicted molar refractivity (Wildman–Crippen MR) is 51.4 cm³/mol. The van der Waals surface area contributed by atoms with E-state index in [2.05, 4.69) is 9.97 Å². The number of fused-ring (bicyclic) bond motifs is 1. The van der Waals surface area contributed by atoms with Crippen LogP contribution >= 0.6 is 0 Å². The summed E-state index contributed by atoms with van der Waals surface area (Å²) < 4.78 is 26.1. The molecule has 1 aromatic carbocycles. The Hall–Kier alpha value is -1.49. The number of aliphatic hydroxyl groups is 1. The van der Waals surface area contributed by atoms with E-state index in [-0.39, 0.29) is 12.1 Å². The van der Waals surface area contributed by atoms with E-state index in [0.29, 0.717) is 24.2 Å². The summed E-state index contributed by atoms with van der Waals surface area (Å²) in [4.78, 5) is 6.80. The number of aryl methyl sites for hydroxylation is 1. The molecule has 0 radical (unpaired) electrons. The molecule has 2 rings (SSSR count). The Balaban J connectivity index is 2.42. The maximum atomic E-state index is 13.2. The van der Waals surface area contributed by atoms with Gasteiger partial charge in [0, 0.05) is 13.0 Å². The molecule has 0 fully saturated rings. The van der Waals surface area contributed by atoms with Crippen LogP contribution in [0.4, 0.5) is 8.78 Å². The molecule has 3 nitrogen and oxygen atoms in total. The van der Waals surface area contributed by atoms with Crippen molar-refractivity contribution in [3.8, 4) is 0 Å². The molecule has 80 valence electrons. The van der Waals surface area contributed by atoms with Crippen LogP contribution in [0, 0.1) is 11.6 Å². The number of hydrogen-bond acceptors (Lipinski definition) is 2. The molecule has 0 aliphatic carbocycles. The lowest BCUT2D eigenvalue weighted by molar-refractivity contribution is 0.287. The third kappa shape index (κ3) is 1.83. The highest BCUT2D eigenvalue weighted by Crippen LogP contribution is 2.18. The summed E-state index contributed by atoms with van der Waals surface area (Å²) in [7, 11) is 0. The lowest BCUT2D eigenvalue weighted by Gasteiger charge is -1.91. The van der Waals surface area contributed by atoms with Gasteiger partial charge in [-0.1, -0.05) is 0 Å². The average Bonchev–Trinajstić information content (AvgIpc) is 2.64. The van der Waals surface area contributed by atoms with Gasteiger partial charge in [-0.3, -0.25) is 0 Å². The molecule has 2 aromatic rings. The number of aromatic nitrogens is 2. The van der Waals surface area contributed by atoms with Gasteiger partial charge < -0.3 is 10.1 Å². The van der Waals surface area contributed by atoms with E-state index in [1.165, 1.54) is 6.07 Å². The van der Waals surface area contributed by atoms with Crippen LogP contribution in [0.15, 0.2) is 12.1 Å². The van der Waals surface area contributed by atoms with Crippen molar-refractivity contribution >= 4 is 11.0 Å². The number of nitrogens with zero attached hydrogens (tertiary/aromatic N) is 1. The number of rotatable bonds is 3. The highest BCUT2D eigenvalue weighted by atomic mass is 19.2. The molecule has 15 heavy (non-hydrogen) atoms. The Bertz CT molecular complexity index is 481. The van der Waals surface area contributed by atoms with Gasteiger partial charge >= 0.3 is 0 Å². The van der Waals surface area contributed by atoms with Gasteiger partial charge in [0.25, 0.3) is 0 Å². The number of H-pyrrole nitrogens is 1. The van der Waals surface area contributed by atoms with Gasteiger partial charge in [0.05, 0.1) is 5.52 Å². The molecule has 0 bridgehead atoms. The fourth-order valence-corrected chi connectivity index (χ4v) is 1.43. The second kappa shape index (κ2) is 3.94. The molecule has 0 atom stereocenters. The smallest absolute Gasteiger partial charge is 0.186 e. The van der Waals surface area contributed by atoms with E-state index in [0.717, 1.165) is 6.07 Å². The molecule has 0 aliphatic heterocycles. The summed E-state index contributed by atoms with van der Waals surface area (Å²) in [6, 6.07) is 2.51. The summed E-state index contributed by atoms with van der Waals surface area (Å²) >= 11 is 0.